The van der Waals surface area contributed by atoms with Crippen molar-refractivity contribution in [1.82, 2.24) is 10.0 Å². The summed E-state index contributed by atoms with van der Waals surface area (Å²) >= 11 is 0. The lowest BCUT2D eigenvalue weighted by molar-refractivity contribution is 0.219. The third kappa shape index (κ3) is 4.96. The SMILES string of the molecule is Cc1ccc(S(=O)(=O)NC(=O)NC2CCC(C(C)C)CC2)cc1. The van der Waals surface area contributed by atoms with Crippen LogP contribution in [-0.4, -0.2) is 20.5 Å². The molecule has 0 atom stereocenters. The van der Waals surface area contributed by atoms with Crippen molar-refractivity contribution < 1.29 is 13.2 Å². The van der Waals surface area contributed by atoms with Crippen molar-refractivity contribution in [1.29, 1.82) is 0 Å². The average Bonchev–Trinajstić information content (AvgIpc) is 2.47. The van der Waals surface area contributed by atoms with Crippen LogP contribution in [0.2, 0.25) is 0 Å². The van der Waals surface area contributed by atoms with E-state index in [2.05, 4.69) is 23.9 Å². The second-order valence-corrected chi connectivity index (χ2v) is 8.43. The highest BCUT2D eigenvalue weighted by molar-refractivity contribution is 7.90. The van der Waals surface area contributed by atoms with Crippen LogP contribution in [0, 0.1) is 18.8 Å². The third-order valence-corrected chi connectivity index (χ3v) is 5.96. The molecular weight excluding hydrogens is 312 g/mol. The first-order valence-corrected chi connectivity index (χ1v) is 9.66. The number of carbonyl (C=O) groups excluding carboxylic acids is 1. The summed E-state index contributed by atoms with van der Waals surface area (Å²) in [6, 6.07) is 5.83. The maximum Gasteiger partial charge on any atom is 0.328 e. The maximum atomic E-state index is 12.2. The predicted octanol–water partition coefficient (Wildman–Crippen LogP) is 3.20. The second-order valence-electron chi connectivity index (χ2n) is 6.75. The smallest absolute Gasteiger partial charge is 0.328 e. The van der Waals surface area contributed by atoms with Crippen LogP contribution in [0.15, 0.2) is 29.2 Å². The molecule has 5 nitrogen and oxygen atoms in total. The number of aryl methyl sites for hydroxylation is 1. The predicted molar refractivity (Wildman–Crippen MR) is 90.6 cm³/mol. The van der Waals surface area contributed by atoms with Crippen LogP contribution in [0.3, 0.4) is 0 Å². The van der Waals surface area contributed by atoms with E-state index in [0.717, 1.165) is 31.2 Å². The van der Waals surface area contributed by atoms with Crippen LogP contribution in [-0.2, 0) is 10.0 Å². The zero-order valence-corrected chi connectivity index (χ0v) is 14.8. The third-order valence-electron chi connectivity index (χ3n) is 4.61. The molecule has 1 aliphatic rings. The molecule has 0 heterocycles. The number of hydrogen-bond donors (Lipinski definition) is 2. The van der Waals surface area contributed by atoms with E-state index in [1.807, 2.05) is 6.92 Å². The van der Waals surface area contributed by atoms with E-state index in [1.54, 1.807) is 12.1 Å². The van der Waals surface area contributed by atoms with Gasteiger partial charge in [-0.3, -0.25) is 0 Å². The molecule has 23 heavy (non-hydrogen) atoms. The van der Waals surface area contributed by atoms with Crippen molar-refractivity contribution in [2.45, 2.75) is 57.4 Å². The lowest BCUT2D eigenvalue weighted by Gasteiger charge is -2.31. The topological polar surface area (TPSA) is 75.3 Å². The Kier molecular flexibility index (Phi) is 5.68. The summed E-state index contributed by atoms with van der Waals surface area (Å²) in [5.41, 5.74) is 0.968. The van der Waals surface area contributed by atoms with Gasteiger partial charge in [0.15, 0.2) is 0 Å². The summed E-state index contributed by atoms with van der Waals surface area (Å²) in [4.78, 5) is 12.1. The quantitative estimate of drug-likeness (QED) is 0.885. The average molecular weight is 338 g/mol. The molecule has 1 aromatic carbocycles. The minimum Gasteiger partial charge on any atom is -0.335 e. The van der Waals surface area contributed by atoms with Crippen LogP contribution >= 0.6 is 0 Å². The minimum atomic E-state index is -3.81. The fraction of sp³-hybridized carbons (Fsp3) is 0.588. The Labute approximate surface area is 138 Å². The van der Waals surface area contributed by atoms with Gasteiger partial charge in [0.2, 0.25) is 0 Å². The van der Waals surface area contributed by atoms with Crippen molar-refractivity contribution in [2.75, 3.05) is 0 Å². The highest BCUT2D eigenvalue weighted by atomic mass is 32.2. The summed E-state index contributed by atoms with van der Waals surface area (Å²) < 4.78 is 26.4. The van der Waals surface area contributed by atoms with Crippen molar-refractivity contribution >= 4 is 16.1 Å². The number of carbonyl (C=O) groups is 1. The van der Waals surface area contributed by atoms with Crippen LogP contribution in [0.1, 0.15) is 45.1 Å². The van der Waals surface area contributed by atoms with Crippen LogP contribution in [0.25, 0.3) is 0 Å². The molecule has 1 aromatic rings. The van der Waals surface area contributed by atoms with Gasteiger partial charge in [0.25, 0.3) is 10.0 Å². The van der Waals surface area contributed by atoms with E-state index in [-0.39, 0.29) is 10.9 Å². The molecule has 0 aliphatic heterocycles. The van der Waals surface area contributed by atoms with Crippen LogP contribution < -0.4 is 10.0 Å². The molecule has 0 unspecified atom stereocenters. The summed E-state index contributed by atoms with van der Waals surface area (Å²) in [7, 11) is -3.81. The standard InChI is InChI=1S/C17H26N2O3S/c1-12(2)14-6-8-15(9-7-14)18-17(20)19-23(21,22)16-10-4-13(3)5-11-16/h4-5,10-12,14-15H,6-9H2,1-3H3,(H2,18,19,20). The summed E-state index contributed by atoms with van der Waals surface area (Å²) in [6.07, 6.45) is 3.96. The molecule has 1 aliphatic carbocycles. The van der Waals surface area contributed by atoms with Crippen molar-refractivity contribution in [3.63, 3.8) is 0 Å². The molecule has 1 fully saturated rings. The van der Waals surface area contributed by atoms with Gasteiger partial charge in [-0.2, -0.15) is 0 Å². The largest absolute Gasteiger partial charge is 0.335 e. The summed E-state index contributed by atoms with van der Waals surface area (Å²) in [6.45, 7) is 6.32. The molecule has 0 bridgehead atoms. The molecule has 2 N–H and O–H groups in total. The number of hydrogen-bond acceptors (Lipinski definition) is 3. The van der Waals surface area contributed by atoms with Gasteiger partial charge >= 0.3 is 6.03 Å². The Hall–Kier alpha value is -1.56. The Balaban J connectivity index is 1.88. The van der Waals surface area contributed by atoms with Gasteiger partial charge in [-0.25, -0.2) is 17.9 Å². The lowest BCUT2D eigenvalue weighted by atomic mass is 9.80. The normalized spacial score (nSPS) is 21.9. The molecular formula is C17H26N2O3S. The number of urea groups is 1. The molecule has 0 saturated heterocycles. The van der Waals surface area contributed by atoms with Crippen molar-refractivity contribution in [2.24, 2.45) is 11.8 Å². The Morgan fingerprint density at radius 1 is 1.09 bits per heavy atom. The van der Waals surface area contributed by atoms with Gasteiger partial charge in [-0.15, -0.1) is 0 Å². The first kappa shape index (κ1) is 17.8. The maximum absolute atomic E-state index is 12.2. The first-order valence-electron chi connectivity index (χ1n) is 8.18. The van der Waals surface area contributed by atoms with E-state index in [4.69, 9.17) is 0 Å². The number of benzene rings is 1. The van der Waals surface area contributed by atoms with E-state index in [1.165, 1.54) is 12.1 Å². The molecule has 6 heteroatoms. The minimum absolute atomic E-state index is 0.0539. The monoisotopic (exact) mass is 338 g/mol. The molecule has 0 radical (unpaired) electrons. The summed E-state index contributed by atoms with van der Waals surface area (Å²) in [5.74, 6) is 1.36. The van der Waals surface area contributed by atoms with E-state index < -0.39 is 16.1 Å². The molecule has 1 saturated carbocycles. The molecule has 2 rings (SSSR count). The molecule has 128 valence electrons. The fourth-order valence-corrected chi connectivity index (χ4v) is 3.96. The Morgan fingerprint density at radius 2 is 1.65 bits per heavy atom. The van der Waals surface area contributed by atoms with Gasteiger partial charge < -0.3 is 5.32 Å². The Bertz CT molecular complexity index is 630. The lowest BCUT2D eigenvalue weighted by Crippen LogP contribution is -2.45. The molecule has 2 amide bonds. The fourth-order valence-electron chi connectivity index (χ4n) is 3.04. The molecule has 0 spiro atoms. The number of nitrogens with one attached hydrogen (secondary N) is 2. The van der Waals surface area contributed by atoms with Gasteiger partial charge in [0.05, 0.1) is 4.90 Å². The number of sulfonamides is 1. The first-order chi connectivity index (χ1) is 10.8. The highest BCUT2D eigenvalue weighted by Crippen LogP contribution is 2.29. The zero-order chi connectivity index (χ0) is 17.0. The van der Waals surface area contributed by atoms with Gasteiger partial charge in [0, 0.05) is 6.04 Å². The van der Waals surface area contributed by atoms with Gasteiger partial charge in [-0.05, 0) is 56.6 Å². The van der Waals surface area contributed by atoms with E-state index >= 15 is 0 Å². The number of amides is 2. The van der Waals surface area contributed by atoms with E-state index in [9.17, 15) is 13.2 Å². The van der Waals surface area contributed by atoms with Crippen molar-refractivity contribution in [3.05, 3.63) is 29.8 Å². The van der Waals surface area contributed by atoms with Crippen LogP contribution in [0.5, 0.6) is 0 Å². The molecule has 0 aromatic heterocycles. The Morgan fingerprint density at radius 3 is 2.17 bits per heavy atom. The van der Waals surface area contributed by atoms with Gasteiger partial charge in [0.1, 0.15) is 0 Å². The zero-order valence-electron chi connectivity index (χ0n) is 14.0. The van der Waals surface area contributed by atoms with Gasteiger partial charge in [-0.1, -0.05) is 31.5 Å². The summed E-state index contributed by atoms with van der Waals surface area (Å²) in [5, 5.41) is 2.79. The number of rotatable bonds is 4. The van der Waals surface area contributed by atoms with Crippen molar-refractivity contribution in [3.8, 4) is 0 Å². The second kappa shape index (κ2) is 7.34. The van der Waals surface area contributed by atoms with Crippen LogP contribution in [0.4, 0.5) is 4.79 Å². The van der Waals surface area contributed by atoms with E-state index in [0.29, 0.717) is 11.8 Å². The highest BCUT2D eigenvalue weighted by Gasteiger charge is 2.25.